The fourth-order valence-corrected chi connectivity index (χ4v) is 2.90. The maximum absolute atomic E-state index is 6.26. The van der Waals surface area contributed by atoms with E-state index in [4.69, 9.17) is 38.4 Å². The van der Waals surface area contributed by atoms with Crippen molar-refractivity contribution in [1.82, 2.24) is 0 Å². The van der Waals surface area contributed by atoms with Crippen molar-refractivity contribution in [3.8, 4) is 5.75 Å². The van der Waals surface area contributed by atoms with E-state index in [-0.39, 0.29) is 12.1 Å². The van der Waals surface area contributed by atoms with E-state index in [2.05, 4.69) is 6.92 Å². The first-order valence-electron chi connectivity index (χ1n) is 7.08. The van der Waals surface area contributed by atoms with Crippen LogP contribution in [0.5, 0.6) is 5.75 Å². The van der Waals surface area contributed by atoms with Crippen molar-refractivity contribution in [2.45, 2.75) is 44.8 Å². The number of hydrogen-bond donors (Lipinski definition) is 1. The van der Waals surface area contributed by atoms with Crippen LogP contribution in [0.1, 0.15) is 31.7 Å². The molecule has 0 saturated carbocycles. The molecule has 1 aliphatic rings. The van der Waals surface area contributed by atoms with Gasteiger partial charge < -0.3 is 15.2 Å². The minimum absolute atomic E-state index is 0.0783. The highest BCUT2D eigenvalue weighted by molar-refractivity contribution is 6.35. The third-order valence-electron chi connectivity index (χ3n) is 3.53. The van der Waals surface area contributed by atoms with Crippen molar-refractivity contribution >= 4 is 23.2 Å². The van der Waals surface area contributed by atoms with Crippen molar-refractivity contribution in [2.24, 2.45) is 5.73 Å². The summed E-state index contributed by atoms with van der Waals surface area (Å²) in [6.07, 6.45) is 3.90. The fraction of sp³-hybridized carbons (Fsp3) is 0.600. The van der Waals surface area contributed by atoms with Gasteiger partial charge in [0.25, 0.3) is 0 Å². The third-order valence-corrected chi connectivity index (χ3v) is 4.03. The van der Waals surface area contributed by atoms with Crippen LogP contribution in [0.3, 0.4) is 0 Å². The Kier molecular flexibility index (Phi) is 5.97. The monoisotopic (exact) mass is 317 g/mol. The van der Waals surface area contributed by atoms with Crippen LogP contribution >= 0.6 is 23.2 Å². The predicted molar refractivity (Wildman–Crippen MR) is 82.9 cm³/mol. The lowest BCUT2D eigenvalue weighted by molar-refractivity contribution is 0.0676. The highest BCUT2D eigenvalue weighted by atomic mass is 35.5. The highest BCUT2D eigenvalue weighted by Crippen LogP contribution is 2.34. The Balaban J connectivity index is 2.11. The van der Waals surface area contributed by atoms with Gasteiger partial charge >= 0.3 is 0 Å². The zero-order valence-electron chi connectivity index (χ0n) is 11.7. The van der Waals surface area contributed by atoms with Crippen LogP contribution < -0.4 is 10.5 Å². The van der Waals surface area contributed by atoms with E-state index < -0.39 is 0 Å². The van der Waals surface area contributed by atoms with Crippen LogP contribution in [0.15, 0.2) is 12.1 Å². The Bertz CT molecular complexity index is 448. The van der Waals surface area contributed by atoms with Gasteiger partial charge in [-0.05, 0) is 43.4 Å². The summed E-state index contributed by atoms with van der Waals surface area (Å²) in [4.78, 5) is 0. The molecule has 20 heavy (non-hydrogen) atoms. The van der Waals surface area contributed by atoms with Gasteiger partial charge in [0.05, 0.1) is 11.1 Å². The van der Waals surface area contributed by atoms with Crippen molar-refractivity contribution in [3.05, 3.63) is 27.7 Å². The molecule has 2 atom stereocenters. The van der Waals surface area contributed by atoms with Gasteiger partial charge in [0, 0.05) is 17.7 Å². The summed E-state index contributed by atoms with van der Waals surface area (Å²) >= 11 is 12.3. The van der Waals surface area contributed by atoms with E-state index in [1.54, 1.807) is 6.07 Å². The van der Waals surface area contributed by atoms with Gasteiger partial charge in [-0.25, -0.2) is 0 Å². The summed E-state index contributed by atoms with van der Waals surface area (Å²) in [5, 5.41) is 1.14. The molecule has 0 spiro atoms. The summed E-state index contributed by atoms with van der Waals surface area (Å²) in [7, 11) is 0. The van der Waals surface area contributed by atoms with Crippen LogP contribution in [-0.4, -0.2) is 25.4 Å². The second kappa shape index (κ2) is 7.51. The number of rotatable bonds is 6. The van der Waals surface area contributed by atoms with E-state index in [0.717, 1.165) is 31.4 Å². The lowest BCUT2D eigenvalue weighted by Crippen LogP contribution is -2.22. The standard InChI is InChI=1S/C15H21Cl2NO2/c1-2-12(18)7-10-6-11(16)8-14(17)15(10)20-9-13-4-3-5-19-13/h6,8,12-13H,2-5,7,9,18H2,1H3. The van der Waals surface area contributed by atoms with Gasteiger partial charge in [0.2, 0.25) is 0 Å². The van der Waals surface area contributed by atoms with Gasteiger partial charge in [0.15, 0.2) is 0 Å². The molecule has 3 nitrogen and oxygen atoms in total. The first-order chi connectivity index (χ1) is 9.60. The summed E-state index contributed by atoms with van der Waals surface area (Å²) in [6.45, 7) is 3.40. The third kappa shape index (κ3) is 4.26. The summed E-state index contributed by atoms with van der Waals surface area (Å²) < 4.78 is 11.4. The summed E-state index contributed by atoms with van der Waals surface area (Å²) in [5.74, 6) is 0.690. The predicted octanol–water partition coefficient (Wildman–Crippen LogP) is 3.83. The molecular formula is C15H21Cl2NO2. The molecule has 1 aromatic carbocycles. The molecule has 5 heteroatoms. The first-order valence-corrected chi connectivity index (χ1v) is 7.83. The van der Waals surface area contributed by atoms with Crippen molar-refractivity contribution in [2.75, 3.05) is 13.2 Å². The summed E-state index contributed by atoms with van der Waals surface area (Å²) in [6, 6.07) is 3.66. The number of hydrogen-bond acceptors (Lipinski definition) is 3. The maximum atomic E-state index is 6.26. The normalized spacial score (nSPS) is 20.1. The van der Waals surface area contributed by atoms with Crippen LogP contribution in [0.2, 0.25) is 10.0 Å². The Labute approximate surface area is 130 Å². The van der Waals surface area contributed by atoms with Gasteiger partial charge in [-0.15, -0.1) is 0 Å². The summed E-state index contributed by atoms with van der Waals surface area (Å²) in [5.41, 5.74) is 6.99. The number of ether oxygens (including phenoxy) is 2. The molecular weight excluding hydrogens is 297 g/mol. The van der Waals surface area contributed by atoms with Crippen LogP contribution in [0, 0.1) is 0 Å². The van der Waals surface area contributed by atoms with Crippen LogP contribution in [-0.2, 0) is 11.2 Å². The molecule has 1 aliphatic heterocycles. The Morgan fingerprint density at radius 1 is 1.45 bits per heavy atom. The molecule has 2 N–H and O–H groups in total. The molecule has 1 aromatic rings. The van der Waals surface area contributed by atoms with Crippen molar-refractivity contribution < 1.29 is 9.47 Å². The van der Waals surface area contributed by atoms with E-state index >= 15 is 0 Å². The molecule has 2 unspecified atom stereocenters. The molecule has 1 saturated heterocycles. The molecule has 0 bridgehead atoms. The fourth-order valence-electron chi connectivity index (χ4n) is 2.31. The van der Waals surface area contributed by atoms with Gasteiger partial charge in [0.1, 0.15) is 12.4 Å². The second-order valence-corrected chi connectivity index (χ2v) is 6.04. The van der Waals surface area contributed by atoms with E-state index in [1.807, 2.05) is 6.07 Å². The smallest absolute Gasteiger partial charge is 0.141 e. The molecule has 1 fully saturated rings. The Morgan fingerprint density at radius 3 is 2.90 bits per heavy atom. The zero-order valence-corrected chi connectivity index (χ0v) is 13.2. The minimum Gasteiger partial charge on any atom is -0.489 e. The van der Waals surface area contributed by atoms with Crippen molar-refractivity contribution in [3.63, 3.8) is 0 Å². The van der Waals surface area contributed by atoms with Crippen LogP contribution in [0.25, 0.3) is 0 Å². The second-order valence-electron chi connectivity index (χ2n) is 5.19. The SMILES string of the molecule is CCC(N)Cc1cc(Cl)cc(Cl)c1OCC1CCCO1. The highest BCUT2D eigenvalue weighted by Gasteiger charge is 2.19. The number of halogens is 2. The largest absolute Gasteiger partial charge is 0.489 e. The van der Waals surface area contributed by atoms with Crippen molar-refractivity contribution in [1.29, 1.82) is 0 Å². The first kappa shape index (κ1) is 15.9. The number of nitrogens with two attached hydrogens (primary N) is 1. The Hall–Kier alpha value is -0.480. The zero-order chi connectivity index (χ0) is 14.5. The lowest BCUT2D eigenvalue weighted by Gasteiger charge is -2.18. The van der Waals surface area contributed by atoms with Crippen LogP contribution in [0.4, 0.5) is 0 Å². The topological polar surface area (TPSA) is 44.5 Å². The lowest BCUT2D eigenvalue weighted by atomic mass is 10.0. The maximum Gasteiger partial charge on any atom is 0.141 e. The molecule has 0 aliphatic carbocycles. The Morgan fingerprint density at radius 2 is 2.25 bits per heavy atom. The van der Waals surface area contributed by atoms with E-state index in [9.17, 15) is 0 Å². The van der Waals surface area contributed by atoms with E-state index in [0.29, 0.717) is 28.8 Å². The average Bonchev–Trinajstić information content (AvgIpc) is 2.90. The van der Waals surface area contributed by atoms with Gasteiger partial charge in [-0.2, -0.15) is 0 Å². The molecule has 2 rings (SSSR count). The molecule has 1 heterocycles. The van der Waals surface area contributed by atoms with E-state index in [1.165, 1.54) is 0 Å². The van der Waals surface area contributed by atoms with Gasteiger partial charge in [-0.3, -0.25) is 0 Å². The minimum atomic E-state index is 0.0783. The molecule has 112 valence electrons. The quantitative estimate of drug-likeness (QED) is 0.867. The number of benzene rings is 1. The average molecular weight is 318 g/mol. The molecule has 0 aromatic heterocycles. The van der Waals surface area contributed by atoms with Gasteiger partial charge in [-0.1, -0.05) is 30.1 Å². The molecule has 0 radical (unpaired) electrons. The molecule has 0 amide bonds.